The Morgan fingerprint density at radius 3 is 2.38 bits per heavy atom. The second-order valence-corrected chi connectivity index (χ2v) is 5.73. The number of nitrogens with zero attached hydrogens (tertiary/aromatic N) is 1. The van der Waals surface area contributed by atoms with Gasteiger partial charge in [-0.1, -0.05) is 23.2 Å². The number of rotatable bonds is 5. The van der Waals surface area contributed by atoms with Crippen LogP contribution in [0.4, 0.5) is 11.4 Å². The van der Waals surface area contributed by atoms with Crippen LogP contribution in [0, 0.1) is 17.0 Å². The number of carbonyl (C=O) groups is 1. The highest BCUT2D eigenvalue weighted by molar-refractivity contribution is 6.37. The highest BCUT2D eigenvalue weighted by Crippen LogP contribution is 2.34. The molecule has 0 unspecified atom stereocenters. The van der Waals surface area contributed by atoms with Crippen LogP contribution in [0.2, 0.25) is 10.0 Å². The van der Waals surface area contributed by atoms with E-state index in [1.54, 1.807) is 13.8 Å². The summed E-state index contributed by atoms with van der Waals surface area (Å²) < 4.78 is 5.32. The topological polar surface area (TPSA) is 81.5 Å². The Bertz CT molecular complexity index is 786. The molecule has 0 heterocycles. The summed E-state index contributed by atoms with van der Waals surface area (Å²) in [6.45, 7) is 3.86. The molecule has 0 aliphatic carbocycles. The lowest BCUT2D eigenvalue weighted by atomic mass is 10.1. The normalized spacial score (nSPS) is 10.3. The number of anilines is 1. The van der Waals surface area contributed by atoms with E-state index in [0.29, 0.717) is 23.6 Å². The minimum atomic E-state index is -0.495. The van der Waals surface area contributed by atoms with Gasteiger partial charge < -0.3 is 10.1 Å². The summed E-state index contributed by atoms with van der Waals surface area (Å²) in [7, 11) is 0. The van der Waals surface area contributed by atoms with Gasteiger partial charge >= 0.3 is 0 Å². The Morgan fingerprint density at radius 2 is 1.88 bits per heavy atom. The van der Waals surface area contributed by atoms with E-state index in [0.717, 1.165) is 0 Å². The molecule has 0 fully saturated rings. The van der Waals surface area contributed by atoms with Crippen molar-refractivity contribution in [1.82, 2.24) is 0 Å². The van der Waals surface area contributed by atoms with Gasteiger partial charge in [-0.3, -0.25) is 14.9 Å². The number of carbonyl (C=O) groups excluding carboxylic acids is 1. The molecule has 2 rings (SSSR count). The van der Waals surface area contributed by atoms with E-state index >= 15 is 0 Å². The first-order chi connectivity index (χ1) is 11.3. The zero-order valence-corrected chi connectivity index (χ0v) is 14.4. The molecule has 1 amide bonds. The fourth-order valence-electron chi connectivity index (χ4n) is 2.07. The Kier molecular flexibility index (Phi) is 5.64. The lowest BCUT2D eigenvalue weighted by molar-refractivity contribution is -0.384. The molecule has 24 heavy (non-hydrogen) atoms. The Morgan fingerprint density at radius 1 is 1.25 bits per heavy atom. The van der Waals surface area contributed by atoms with Crippen molar-refractivity contribution in [2.24, 2.45) is 0 Å². The van der Waals surface area contributed by atoms with Gasteiger partial charge in [0.05, 0.1) is 21.6 Å². The van der Waals surface area contributed by atoms with Crippen LogP contribution in [0.15, 0.2) is 30.3 Å². The van der Waals surface area contributed by atoms with Crippen molar-refractivity contribution in [3.05, 3.63) is 61.6 Å². The SMILES string of the molecule is CCOc1c(Cl)cc(C(=O)Nc2ccc([N+](=O)[O-])cc2C)cc1Cl. The van der Waals surface area contributed by atoms with Crippen molar-refractivity contribution < 1.29 is 14.5 Å². The predicted octanol–water partition coefficient (Wildman–Crippen LogP) is 4.86. The first kappa shape index (κ1) is 18.0. The Labute approximate surface area is 148 Å². The largest absolute Gasteiger partial charge is 0.491 e. The number of amides is 1. The van der Waals surface area contributed by atoms with Gasteiger partial charge in [0.1, 0.15) is 0 Å². The zero-order valence-electron chi connectivity index (χ0n) is 12.9. The van der Waals surface area contributed by atoms with Crippen LogP contribution in [-0.4, -0.2) is 17.4 Å². The minimum absolute atomic E-state index is 0.0438. The monoisotopic (exact) mass is 368 g/mol. The number of non-ortho nitro benzene ring substituents is 1. The molecule has 0 aliphatic rings. The highest BCUT2D eigenvalue weighted by Gasteiger charge is 2.15. The fraction of sp³-hybridized carbons (Fsp3) is 0.188. The maximum Gasteiger partial charge on any atom is 0.269 e. The molecule has 0 saturated carbocycles. The van der Waals surface area contributed by atoms with Gasteiger partial charge in [0.2, 0.25) is 0 Å². The standard InChI is InChI=1S/C16H14Cl2N2O4/c1-3-24-15-12(17)7-10(8-13(15)18)16(21)19-14-5-4-11(20(22)23)6-9(14)2/h4-8H,3H2,1-2H3,(H,19,21). The van der Waals surface area contributed by atoms with E-state index in [4.69, 9.17) is 27.9 Å². The van der Waals surface area contributed by atoms with Gasteiger partial charge in [-0.15, -0.1) is 0 Å². The van der Waals surface area contributed by atoms with Crippen molar-refractivity contribution in [3.63, 3.8) is 0 Å². The maximum atomic E-state index is 12.4. The molecule has 1 N–H and O–H groups in total. The second-order valence-electron chi connectivity index (χ2n) is 4.91. The lowest BCUT2D eigenvalue weighted by Crippen LogP contribution is -2.13. The smallest absolute Gasteiger partial charge is 0.269 e. The number of nitro benzene ring substituents is 1. The summed E-state index contributed by atoms with van der Waals surface area (Å²) in [5, 5.41) is 13.9. The summed E-state index contributed by atoms with van der Waals surface area (Å²) in [6.07, 6.45) is 0. The molecule has 0 aromatic heterocycles. The van der Waals surface area contributed by atoms with Gasteiger partial charge in [0.15, 0.2) is 5.75 Å². The number of ether oxygens (including phenoxy) is 1. The molecule has 0 spiro atoms. The molecule has 2 aromatic carbocycles. The predicted molar refractivity (Wildman–Crippen MR) is 93.4 cm³/mol. The Hall–Kier alpha value is -2.31. The van der Waals surface area contributed by atoms with Crippen LogP contribution in [0.1, 0.15) is 22.8 Å². The zero-order chi connectivity index (χ0) is 17.9. The summed E-state index contributed by atoms with van der Waals surface area (Å²) in [4.78, 5) is 22.6. The van der Waals surface area contributed by atoms with E-state index in [2.05, 4.69) is 5.32 Å². The summed E-state index contributed by atoms with van der Waals surface area (Å²) in [6, 6.07) is 7.08. The van der Waals surface area contributed by atoms with E-state index < -0.39 is 10.8 Å². The van der Waals surface area contributed by atoms with Crippen molar-refractivity contribution in [2.45, 2.75) is 13.8 Å². The van der Waals surface area contributed by atoms with E-state index in [1.165, 1.54) is 30.3 Å². The Balaban J connectivity index is 2.26. The van der Waals surface area contributed by atoms with E-state index in [1.807, 2.05) is 0 Å². The van der Waals surface area contributed by atoms with Crippen molar-refractivity contribution >= 4 is 40.5 Å². The molecule has 0 bridgehead atoms. The van der Waals surface area contributed by atoms with Crippen molar-refractivity contribution in [1.29, 1.82) is 0 Å². The summed E-state index contributed by atoms with van der Waals surface area (Å²) >= 11 is 12.2. The number of nitrogens with one attached hydrogen (secondary N) is 1. The molecular formula is C16H14Cl2N2O4. The number of benzene rings is 2. The van der Waals surface area contributed by atoms with Crippen LogP contribution in [0.25, 0.3) is 0 Å². The molecular weight excluding hydrogens is 355 g/mol. The van der Waals surface area contributed by atoms with E-state index in [9.17, 15) is 14.9 Å². The molecule has 0 atom stereocenters. The lowest BCUT2D eigenvalue weighted by Gasteiger charge is -2.12. The number of hydrogen-bond donors (Lipinski definition) is 1. The summed E-state index contributed by atoms with van der Waals surface area (Å²) in [5.41, 5.74) is 1.25. The molecule has 8 heteroatoms. The third-order valence-electron chi connectivity index (χ3n) is 3.22. The maximum absolute atomic E-state index is 12.4. The van der Waals surface area contributed by atoms with Crippen molar-refractivity contribution in [2.75, 3.05) is 11.9 Å². The van der Waals surface area contributed by atoms with Crippen LogP contribution in [0.5, 0.6) is 5.75 Å². The average molecular weight is 369 g/mol. The first-order valence-electron chi connectivity index (χ1n) is 7.01. The molecule has 0 aliphatic heterocycles. The highest BCUT2D eigenvalue weighted by atomic mass is 35.5. The van der Waals surface area contributed by atoms with Gasteiger partial charge in [-0.2, -0.15) is 0 Å². The van der Waals surface area contributed by atoms with Gasteiger partial charge in [-0.25, -0.2) is 0 Å². The molecule has 126 valence electrons. The molecule has 2 aromatic rings. The number of halogens is 2. The van der Waals surface area contributed by atoms with Crippen LogP contribution in [0.3, 0.4) is 0 Å². The molecule has 6 nitrogen and oxygen atoms in total. The third kappa shape index (κ3) is 3.96. The fourth-order valence-corrected chi connectivity index (χ4v) is 2.67. The molecule has 0 saturated heterocycles. The van der Waals surface area contributed by atoms with Gasteiger partial charge in [0.25, 0.3) is 11.6 Å². The number of nitro groups is 1. The second kappa shape index (κ2) is 7.51. The third-order valence-corrected chi connectivity index (χ3v) is 3.78. The molecule has 0 radical (unpaired) electrons. The van der Waals surface area contributed by atoms with Crippen LogP contribution in [-0.2, 0) is 0 Å². The van der Waals surface area contributed by atoms with Crippen LogP contribution < -0.4 is 10.1 Å². The van der Waals surface area contributed by atoms with Crippen molar-refractivity contribution in [3.8, 4) is 5.75 Å². The number of aryl methyl sites for hydroxylation is 1. The van der Waals surface area contributed by atoms with E-state index in [-0.39, 0.29) is 21.3 Å². The summed E-state index contributed by atoms with van der Waals surface area (Å²) in [5.74, 6) is -0.109. The van der Waals surface area contributed by atoms with Crippen LogP contribution >= 0.6 is 23.2 Å². The first-order valence-corrected chi connectivity index (χ1v) is 7.77. The number of hydrogen-bond acceptors (Lipinski definition) is 4. The minimum Gasteiger partial charge on any atom is -0.491 e. The van der Waals surface area contributed by atoms with Gasteiger partial charge in [0, 0.05) is 23.4 Å². The quantitative estimate of drug-likeness (QED) is 0.603. The average Bonchev–Trinajstić information content (AvgIpc) is 2.52. The van der Waals surface area contributed by atoms with Gasteiger partial charge in [-0.05, 0) is 37.6 Å².